The van der Waals surface area contributed by atoms with Gasteiger partial charge in [0.1, 0.15) is 0 Å². The highest BCUT2D eigenvalue weighted by Gasteiger charge is 2.21. The van der Waals surface area contributed by atoms with Gasteiger partial charge in [-0.3, -0.25) is 4.79 Å². The number of fused-ring (bicyclic) bond motifs is 1. The lowest BCUT2D eigenvalue weighted by Crippen LogP contribution is -2.31. The van der Waals surface area contributed by atoms with Crippen molar-refractivity contribution in [2.45, 2.75) is 26.3 Å². The zero-order valence-corrected chi connectivity index (χ0v) is 13.7. The minimum atomic E-state index is 0.113. The fourth-order valence-electron chi connectivity index (χ4n) is 2.85. The Hall–Kier alpha value is -1.61. The Morgan fingerprint density at radius 3 is 2.71 bits per heavy atom. The summed E-state index contributed by atoms with van der Waals surface area (Å²) in [6, 6.07) is 14.4. The lowest BCUT2D eigenvalue weighted by Gasteiger charge is -2.22. The van der Waals surface area contributed by atoms with Crippen LogP contribution in [0.3, 0.4) is 0 Å². The van der Waals surface area contributed by atoms with E-state index in [1.165, 1.54) is 11.1 Å². The monoisotopic (exact) mass is 343 g/mol. The van der Waals surface area contributed by atoms with Crippen molar-refractivity contribution in [1.29, 1.82) is 0 Å². The summed E-state index contributed by atoms with van der Waals surface area (Å²) in [5, 5.41) is 0. The molecule has 0 spiro atoms. The van der Waals surface area contributed by atoms with Crippen molar-refractivity contribution in [3.63, 3.8) is 0 Å². The van der Waals surface area contributed by atoms with E-state index in [4.69, 9.17) is 0 Å². The Morgan fingerprint density at radius 2 is 1.90 bits per heavy atom. The van der Waals surface area contributed by atoms with E-state index in [9.17, 15) is 4.79 Å². The molecule has 108 valence electrons. The molecule has 0 radical (unpaired) electrons. The van der Waals surface area contributed by atoms with Crippen LogP contribution >= 0.6 is 15.9 Å². The SMILES string of the molecule is Cc1ccc(Br)c(C(=O)N2CCCc3ccccc3C2)c1. The number of rotatable bonds is 1. The van der Waals surface area contributed by atoms with E-state index in [1.54, 1.807) is 0 Å². The highest BCUT2D eigenvalue weighted by molar-refractivity contribution is 9.10. The van der Waals surface area contributed by atoms with Gasteiger partial charge in [0.05, 0.1) is 5.56 Å². The van der Waals surface area contributed by atoms with Crippen LogP contribution in [-0.2, 0) is 13.0 Å². The van der Waals surface area contributed by atoms with E-state index >= 15 is 0 Å². The van der Waals surface area contributed by atoms with Crippen molar-refractivity contribution >= 4 is 21.8 Å². The molecule has 0 atom stereocenters. The molecule has 1 amide bonds. The number of halogens is 1. The average Bonchev–Trinajstić information content (AvgIpc) is 2.71. The first-order valence-corrected chi connectivity index (χ1v) is 8.06. The fraction of sp³-hybridized carbons (Fsp3) is 0.278. The van der Waals surface area contributed by atoms with E-state index in [0.717, 1.165) is 35.0 Å². The van der Waals surface area contributed by atoms with Crippen LogP contribution in [0.25, 0.3) is 0 Å². The predicted molar refractivity (Wildman–Crippen MR) is 88.4 cm³/mol. The molecule has 0 saturated carbocycles. The molecule has 2 nitrogen and oxygen atoms in total. The van der Waals surface area contributed by atoms with E-state index in [2.05, 4.69) is 40.2 Å². The second-order valence-electron chi connectivity index (χ2n) is 5.58. The summed E-state index contributed by atoms with van der Waals surface area (Å²) in [6.45, 7) is 3.53. The van der Waals surface area contributed by atoms with Crippen LogP contribution in [0.2, 0.25) is 0 Å². The summed E-state index contributed by atoms with van der Waals surface area (Å²) in [7, 11) is 0. The van der Waals surface area contributed by atoms with Gasteiger partial charge in [-0.05, 0) is 59.0 Å². The van der Waals surface area contributed by atoms with Crippen LogP contribution < -0.4 is 0 Å². The highest BCUT2D eigenvalue weighted by atomic mass is 79.9. The minimum Gasteiger partial charge on any atom is -0.334 e. The number of carbonyl (C=O) groups is 1. The normalized spacial score (nSPS) is 14.5. The van der Waals surface area contributed by atoms with Gasteiger partial charge in [-0.25, -0.2) is 0 Å². The molecule has 0 aliphatic carbocycles. The first kappa shape index (κ1) is 14.3. The lowest BCUT2D eigenvalue weighted by atomic mass is 10.0. The van der Waals surface area contributed by atoms with Gasteiger partial charge in [-0.1, -0.05) is 35.9 Å². The number of amides is 1. The molecule has 21 heavy (non-hydrogen) atoms. The second-order valence-corrected chi connectivity index (χ2v) is 6.44. The van der Waals surface area contributed by atoms with Gasteiger partial charge in [0.2, 0.25) is 0 Å². The maximum Gasteiger partial charge on any atom is 0.255 e. The molecule has 0 saturated heterocycles. The lowest BCUT2D eigenvalue weighted by molar-refractivity contribution is 0.0745. The van der Waals surface area contributed by atoms with Crippen LogP contribution in [0.15, 0.2) is 46.9 Å². The third-order valence-corrected chi connectivity index (χ3v) is 4.68. The zero-order valence-electron chi connectivity index (χ0n) is 12.1. The summed E-state index contributed by atoms with van der Waals surface area (Å²) >= 11 is 3.50. The van der Waals surface area contributed by atoms with Crippen molar-refractivity contribution in [3.05, 3.63) is 69.2 Å². The number of nitrogens with zero attached hydrogens (tertiary/aromatic N) is 1. The van der Waals surface area contributed by atoms with E-state index in [-0.39, 0.29) is 5.91 Å². The van der Waals surface area contributed by atoms with Gasteiger partial charge in [-0.15, -0.1) is 0 Å². The Bertz CT molecular complexity index is 681. The molecular weight excluding hydrogens is 326 g/mol. The summed E-state index contributed by atoms with van der Waals surface area (Å²) in [4.78, 5) is 14.8. The van der Waals surface area contributed by atoms with Crippen LogP contribution in [0.4, 0.5) is 0 Å². The average molecular weight is 344 g/mol. The largest absolute Gasteiger partial charge is 0.334 e. The Balaban J connectivity index is 1.90. The highest BCUT2D eigenvalue weighted by Crippen LogP contribution is 2.24. The van der Waals surface area contributed by atoms with Crippen molar-refractivity contribution in [2.24, 2.45) is 0 Å². The molecule has 3 heteroatoms. The number of benzene rings is 2. The number of carbonyl (C=O) groups excluding carboxylic acids is 1. The molecule has 1 aliphatic rings. The second kappa shape index (κ2) is 6.02. The van der Waals surface area contributed by atoms with E-state index in [1.807, 2.05) is 30.0 Å². The molecule has 0 bridgehead atoms. The van der Waals surface area contributed by atoms with Crippen molar-refractivity contribution in [3.8, 4) is 0 Å². The molecule has 0 N–H and O–H groups in total. The first-order valence-electron chi connectivity index (χ1n) is 7.27. The van der Waals surface area contributed by atoms with Gasteiger partial charge in [0.25, 0.3) is 5.91 Å². The van der Waals surface area contributed by atoms with Gasteiger partial charge < -0.3 is 4.90 Å². The standard InChI is InChI=1S/C18H18BrNO/c1-13-8-9-17(19)16(11-13)18(21)20-10-4-7-14-5-2-3-6-15(14)12-20/h2-3,5-6,8-9,11H,4,7,10,12H2,1H3. The van der Waals surface area contributed by atoms with E-state index < -0.39 is 0 Å². The quantitative estimate of drug-likeness (QED) is 0.753. The molecule has 1 aliphatic heterocycles. The number of aryl methyl sites for hydroxylation is 2. The van der Waals surface area contributed by atoms with Crippen LogP contribution in [0.1, 0.15) is 33.5 Å². The number of hydrogen-bond acceptors (Lipinski definition) is 1. The molecule has 3 rings (SSSR count). The van der Waals surface area contributed by atoms with Crippen molar-refractivity contribution < 1.29 is 4.79 Å². The van der Waals surface area contributed by atoms with Gasteiger partial charge in [-0.2, -0.15) is 0 Å². The summed E-state index contributed by atoms with van der Waals surface area (Å²) in [6.07, 6.45) is 2.07. The Labute approximate surface area is 133 Å². The van der Waals surface area contributed by atoms with Crippen LogP contribution in [0, 0.1) is 6.92 Å². The van der Waals surface area contributed by atoms with Crippen LogP contribution in [0.5, 0.6) is 0 Å². The molecule has 0 fully saturated rings. The topological polar surface area (TPSA) is 20.3 Å². The predicted octanol–water partition coefficient (Wildman–Crippen LogP) is 4.35. The van der Waals surface area contributed by atoms with Gasteiger partial charge in [0.15, 0.2) is 0 Å². The molecule has 2 aromatic rings. The van der Waals surface area contributed by atoms with E-state index in [0.29, 0.717) is 6.54 Å². The molecular formula is C18H18BrNO. The molecule has 0 aromatic heterocycles. The van der Waals surface area contributed by atoms with Crippen molar-refractivity contribution in [2.75, 3.05) is 6.54 Å². The number of hydrogen-bond donors (Lipinski definition) is 0. The third-order valence-electron chi connectivity index (χ3n) is 3.99. The summed E-state index contributed by atoms with van der Waals surface area (Å²) in [5.74, 6) is 0.113. The fourth-order valence-corrected chi connectivity index (χ4v) is 3.26. The minimum absolute atomic E-state index is 0.113. The zero-order chi connectivity index (χ0) is 14.8. The molecule has 0 unspecified atom stereocenters. The Morgan fingerprint density at radius 1 is 1.14 bits per heavy atom. The summed E-state index contributed by atoms with van der Waals surface area (Å²) in [5.41, 5.74) is 4.51. The Kier molecular flexibility index (Phi) is 4.11. The summed E-state index contributed by atoms with van der Waals surface area (Å²) < 4.78 is 0.871. The van der Waals surface area contributed by atoms with Crippen molar-refractivity contribution in [1.82, 2.24) is 4.90 Å². The van der Waals surface area contributed by atoms with Crippen LogP contribution in [-0.4, -0.2) is 17.4 Å². The maximum atomic E-state index is 12.8. The van der Waals surface area contributed by atoms with Gasteiger partial charge in [0, 0.05) is 17.6 Å². The smallest absolute Gasteiger partial charge is 0.255 e. The van der Waals surface area contributed by atoms with Gasteiger partial charge >= 0.3 is 0 Å². The molecule has 2 aromatic carbocycles. The molecule has 1 heterocycles. The first-order chi connectivity index (χ1) is 10.1. The third kappa shape index (κ3) is 3.03. The maximum absolute atomic E-state index is 12.8.